The van der Waals surface area contributed by atoms with E-state index in [0.717, 1.165) is 19.3 Å². The van der Waals surface area contributed by atoms with E-state index in [2.05, 4.69) is 51.1 Å². The van der Waals surface area contributed by atoms with E-state index in [4.69, 9.17) is 9.47 Å². The number of rotatable bonds is 6. The number of hydrogen-bond acceptors (Lipinski definition) is 3. The Morgan fingerprint density at radius 3 is 2.27 bits per heavy atom. The third-order valence-electron chi connectivity index (χ3n) is 6.26. The predicted octanol–water partition coefficient (Wildman–Crippen LogP) is 4.58. The fourth-order valence-corrected chi connectivity index (χ4v) is 4.04. The summed E-state index contributed by atoms with van der Waals surface area (Å²) in [6.07, 6.45) is 8.60. The Bertz CT molecular complexity index is 738. The zero-order valence-electron chi connectivity index (χ0n) is 17.1. The van der Waals surface area contributed by atoms with Crippen molar-refractivity contribution >= 4 is 0 Å². The SMILES string of the molecule is CCC1COC(CCc2c(C)c(C)c(C)c(C)c2C)(Cn2ccnc2)O1. The van der Waals surface area contributed by atoms with Crippen molar-refractivity contribution in [3.05, 3.63) is 52.1 Å². The molecule has 1 aliphatic heterocycles. The van der Waals surface area contributed by atoms with E-state index < -0.39 is 5.79 Å². The lowest BCUT2D eigenvalue weighted by molar-refractivity contribution is -0.182. The zero-order valence-corrected chi connectivity index (χ0v) is 17.1. The van der Waals surface area contributed by atoms with Crippen LogP contribution < -0.4 is 0 Å². The van der Waals surface area contributed by atoms with E-state index in [1.807, 2.05) is 12.5 Å². The fourth-order valence-electron chi connectivity index (χ4n) is 4.04. The lowest BCUT2D eigenvalue weighted by atomic mass is 9.87. The van der Waals surface area contributed by atoms with Gasteiger partial charge in [0.25, 0.3) is 0 Å². The van der Waals surface area contributed by atoms with E-state index >= 15 is 0 Å². The Morgan fingerprint density at radius 1 is 1.08 bits per heavy atom. The first-order chi connectivity index (χ1) is 12.4. The molecule has 0 bridgehead atoms. The maximum absolute atomic E-state index is 6.39. The van der Waals surface area contributed by atoms with Gasteiger partial charge in [0, 0.05) is 18.8 Å². The minimum Gasteiger partial charge on any atom is -0.345 e. The lowest BCUT2D eigenvalue weighted by Crippen LogP contribution is -2.36. The molecule has 2 unspecified atom stereocenters. The number of nitrogens with zero attached hydrogens (tertiary/aromatic N) is 2. The molecule has 0 amide bonds. The van der Waals surface area contributed by atoms with Crippen LogP contribution in [0.3, 0.4) is 0 Å². The molecule has 0 aliphatic carbocycles. The molecule has 26 heavy (non-hydrogen) atoms. The third-order valence-corrected chi connectivity index (χ3v) is 6.26. The van der Waals surface area contributed by atoms with Crippen molar-refractivity contribution in [1.29, 1.82) is 0 Å². The summed E-state index contributed by atoms with van der Waals surface area (Å²) >= 11 is 0. The van der Waals surface area contributed by atoms with Gasteiger partial charge >= 0.3 is 0 Å². The molecule has 1 saturated heterocycles. The van der Waals surface area contributed by atoms with Gasteiger partial charge in [0.1, 0.15) is 0 Å². The molecule has 0 saturated carbocycles. The van der Waals surface area contributed by atoms with Crippen LogP contribution in [-0.2, 0) is 22.4 Å². The molecule has 2 heterocycles. The highest BCUT2D eigenvalue weighted by molar-refractivity contribution is 5.49. The largest absolute Gasteiger partial charge is 0.345 e. The van der Waals surface area contributed by atoms with Crippen LogP contribution in [0, 0.1) is 34.6 Å². The molecule has 4 heteroatoms. The van der Waals surface area contributed by atoms with Crippen molar-refractivity contribution in [2.75, 3.05) is 6.61 Å². The van der Waals surface area contributed by atoms with Gasteiger partial charge in [-0.2, -0.15) is 0 Å². The second-order valence-electron chi connectivity index (χ2n) is 7.71. The molecule has 2 atom stereocenters. The molecule has 1 aromatic heterocycles. The molecule has 0 spiro atoms. The molecular formula is C22H32N2O2. The Morgan fingerprint density at radius 2 is 1.73 bits per heavy atom. The number of benzene rings is 1. The smallest absolute Gasteiger partial charge is 0.187 e. The molecule has 1 aliphatic rings. The highest BCUT2D eigenvalue weighted by Gasteiger charge is 2.41. The molecular weight excluding hydrogens is 324 g/mol. The summed E-state index contributed by atoms with van der Waals surface area (Å²) in [6.45, 7) is 14.7. The molecule has 3 rings (SSSR count). The van der Waals surface area contributed by atoms with Gasteiger partial charge < -0.3 is 14.0 Å². The maximum atomic E-state index is 6.39. The number of hydrogen-bond donors (Lipinski definition) is 0. The van der Waals surface area contributed by atoms with E-state index in [1.54, 1.807) is 6.20 Å². The molecule has 0 radical (unpaired) electrons. The van der Waals surface area contributed by atoms with Crippen LogP contribution in [0.1, 0.15) is 53.1 Å². The van der Waals surface area contributed by atoms with Crippen molar-refractivity contribution in [3.63, 3.8) is 0 Å². The highest BCUT2D eigenvalue weighted by Crippen LogP contribution is 2.34. The van der Waals surface area contributed by atoms with E-state index in [1.165, 1.54) is 33.4 Å². The van der Waals surface area contributed by atoms with Gasteiger partial charge in [-0.25, -0.2) is 4.98 Å². The standard InChI is InChI=1S/C22H32N2O2/c1-7-20-12-25-22(26-20,13-24-11-10-23-14-24)9-8-21-18(5)16(3)15(2)17(4)19(21)6/h10-11,14,20H,7-9,12-13H2,1-6H3. The monoisotopic (exact) mass is 356 g/mol. The molecule has 1 aromatic carbocycles. The van der Waals surface area contributed by atoms with Gasteiger partial charge in [0.05, 0.1) is 25.6 Å². The van der Waals surface area contributed by atoms with Crippen LogP contribution >= 0.6 is 0 Å². The van der Waals surface area contributed by atoms with E-state index in [0.29, 0.717) is 13.2 Å². The van der Waals surface area contributed by atoms with Gasteiger partial charge in [-0.3, -0.25) is 0 Å². The number of imidazole rings is 1. The second-order valence-corrected chi connectivity index (χ2v) is 7.71. The van der Waals surface area contributed by atoms with Gasteiger partial charge in [0.15, 0.2) is 5.79 Å². The Labute approximate surface area is 157 Å². The first kappa shape index (κ1) is 19.1. The summed E-state index contributed by atoms with van der Waals surface area (Å²) in [5.74, 6) is -0.563. The predicted molar refractivity (Wildman–Crippen MR) is 105 cm³/mol. The maximum Gasteiger partial charge on any atom is 0.187 e. The minimum absolute atomic E-state index is 0.183. The van der Waals surface area contributed by atoms with Crippen LogP contribution in [0.4, 0.5) is 0 Å². The van der Waals surface area contributed by atoms with Gasteiger partial charge in [-0.05, 0) is 80.8 Å². The summed E-state index contributed by atoms with van der Waals surface area (Å²) < 4.78 is 14.7. The van der Waals surface area contributed by atoms with Crippen molar-refractivity contribution in [2.45, 2.75) is 79.2 Å². The summed E-state index contributed by atoms with van der Waals surface area (Å²) in [5.41, 5.74) is 8.50. The Balaban J connectivity index is 1.85. The van der Waals surface area contributed by atoms with Crippen molar-refractivity contribution in [3.8, 4) is 0 Å². The van der Waals surface area contributed by atoms with E-state index in [-0.39, 0.29) is 6.10 Å². The van der Waals surface area contributed by atoms with E-state index in [9.17, 15) is 0 Å². The van der Waals surface area contributed by atoms with Crippen LogP contribution in [0.25, 0.3) is 0 Å². The number of aromatic nitrogens is 2. The topological polar surface area (TPSA) is 36.3 Å². The Kier molecular flexibility index (Phi) is 5.54. The van der Waals surface area contributed by atoms with Crippen LogP contribution in [0.15, 0.2) is 18.7 Å². The first-order valence-corrected chi connectivity index (χ1v) is 9.70. The molecule has 2 aromatic rings. The van der Waals surface area contributed by atoms with Gasteiger partial charge in [-0.15, -0.1) is 0 Å². The van der Waals surface area contributed by atoms with Crippen LogP contribution in [-0.4, -0.2) is 28.0 Å². The lowest BCUT2D eigenvalue weighted by Gasteiger charge is -2.29. The number of ether oxygens (including phenoxy) is 2. The summed E-state index contributed by atoms with van der Waals surface area (Å²) in [5, 5.41) is 0. The average molecular weight is 357 g/mol. The molecule has 4 nitrogen and oxygen atoms in total. The molecule has 142 valence electrons. The zero-order chi connectivity index (χ0) is 18.9. The molecule has 0 N–H and O–H groups in total. The van der Waals surface area contributed by atoms with Crippen LogP contribution in [0.5, 0.6) is 0 Å². The third kappa shape index (κ3) is 3.58. The van der Waals surface area contributed by atoms with Gasteiger partial charge in [0.2, 0.25) is 0 Å². The molecule has 1 fully saturated rings. The summed E-state index contributed by atoms with van der Waals surface area (Å²) in [6, 6.07) is 0. The van der Waals surface area contributed by atoms with Gasteiger partial charge in [-0.1, -0.05) is 6.92 Å². The highest BCUT2D eigenvalue weighted by atomic mass is 16.7. The second kappa shape index (κ2) is 7.53. The van der Waals surface area contributed by atoms with Crippen molar-refractivity contribution in [2.24, 2.45) is 0 Å². The van der Waals surface area contributed by atoms with Crippen LogP contribution in [0.2, 0.25) is 0 Å². The fraction of sp³-hybridized carbons (Fsp3) is 0.591. The normalized spacial score (nSPS) is 22.9. The quantitative estimate of drug-likeness (QED) is 0.760. The average Bonchev–Trinajstić information content (AvgIpc) is 3.29. The Hall–Kier alpha value is -1.65. The van der Waals surface area contributed by atoms with Crippen molar-refractivity contribution in [1.82, 2.24) is 9.55 Å². The minimum atomic E-state index is -0.563. The summed E-state index contributed by atoms with van der Waals surface area (Å²) in [4.78, 5) is 4.17. The van der Waals surface area contributed by atoms with Crippen molar-refractivity contribution < 1.29 is 9.47 Å². The first-order valence-electron chi connectivity index (χ1n) is 9.70. The summed E-state index contributed by atoms with van der Waals surface area (Å²) in [7, 11) is 0.